The molecule has 0 atom stereocenters. The monoisotopic (exact) mass is 726 g/mol. The van der Waals surface area contributed by atoms with Crippen LogP contribution in [0.25, 0.3) is 116 Å². The molecule has 0 fully saturated rings. The maximum Gasteiger partial charge on any atom is 0.240 e. The Morgan fingerprint density at radius 2 is 0.737 bits per heavy atom. The van der Waals surface area contributed by atoms with E-state index < -0.39 is 0 Å². The first-order chi connectivity index (χ1) is 28.3. The fourth-order valence-electron chi connectivity index (χ4n) is 9.49. The van der Waals surface area contributed by atoms with E-state index in [9.17, 15) is 0 Å². The molecule has 0 N–H and O–H groups in total. The molecule has 5 aromatic heterocycles. The molecule has 0 aliphatic heterocycles. The van der Waals surface area contributed by atoms with Crippen molar-refractivity contribution >= 4 is 81.7 Å². The van der Waals surface area contributed by atoms with E-state index in [0.717, 1.165) is 54.7 Å². The van der Waals surface area contributed by atoms with Gasteiger partial charge in [0.1, 0.15) is 0 Å². The summed E-state index contributed by atoms with van der Waals surface area (Å²) < 4.78 is 6.80. The number of aromatic nitrogens is 6. The van der Waals surface area contributed by atoms with Crippen LogP contribution in [0.2, 0.25) is 0 Å². The van der Waals surface area contributed by atoms with Gasteiger partial charge in [-0.3, -0.25) is 9.13 Å². The summed E-state index contributed by atoms with van der Waals surface area (Å²) in [6, 6.07) is 64.7. The van der Waals surface area contributed by atoms with Gasteiger partial charge in [-0.25, -0.2) is 0 Å². The summed E-state index contributed by atoms with van der Waals surface area (Å²) in [5.74, 6) is 1.74. The predicted octanol–water partition coefficient (Wildman–Crippen LogP) is 12.5. The van der Waals surface area contributed by atoms with Gasteiger partial charge in [0.2, 0.25) is 11.9 Å². The van der Waals surface area contributed by atoms with Crippen molar-refractivity contribution in [1.29, 1.82) is 0 Å². The lowest BCUT2D eigenvalue weighted by atomic mass is 9.96. The van der Waals surface area contributed by atoms with Gasteiger partial charge in [0, 0.05) is 48.7 Å². The first-order valence-electron chi connectivity index (χ1n) is 19.3. The summed E-state index contributed by atoms with van der Waals surface area (Å²) in [5, 5.41) is 9.65. The molecule has 0 saturated carbocycles. The number of hydrogen-bond donors (Lipinski definition) is 0. The predicted molar refractivity (Wildman–Crippen MR) is 234 cm³/mol. The van der Waals surface area contributed by atoms with Gasteiger partial charge >= 0.3 is 0 Å². The van der Waals surface area contributed by atoms with E-state index in [0.29, 0.717) is 17.7 Å². The van der Waals surface area contributed by atoms with Gasteiger partial charge < -0.3 is 4.40 Å². The Morgan fingerprint density at radius 3 is 1.26 bits per heavy atom. The molecule has 13 aromatic rings. The SMILES string of the molecule is c1cc(-c2nc(-n3c4ccccc4c4ccccc43)nc(-n3c4ccccc4c4ccccc43)n2)cc(-c2ccc3c4ccccc4n4c5ccccc5c2c34)c1. The Balaban J connectivity index is 1.09. The lowest BCUT2D eigenvalue weighted by Crippen LogP contribution is -2.10. The van der Waals surface area contributed by atoms with Gasteiger partial charge in [0.05, 0.1) is 38.6 Å². The molecule has 8 aromatic carbocycles. The van der Waals surface area contributed by atoms with Crippen LogP contribution in [0.15, 0.2) is 182 Å². The van der Waals surface area contributed by atoms with Gasteiger partial charge in [-0.15, -0.1) is 0 Å². The lowest BCUT2D eigenvalue weighted by Gasteiger charge is -2.13. The minimum absolute atomic E-state index is 0.568. The fourth-order valence-corrected chi connectivity index (χ4v) is 9.49. The number of fused-ring (bicyclic) bond motifs is 12. The van der Waals surface area contributed by atoms with E-state index in [1.54, 1.807) is 0 Å². The van der Waals surface area contributed by atoms with E-state index in [4.69, 9.17) is 15.0 Å². The normalized spacial score (nSPS) is 12.2. The number of benzene rings is 8. The molecule has 6 nitrogen and oxygen atoms in total. The van der Waals surface area contributed by atoms with Crippen LogP contribution in [0.3, 0.4) is 0 Å². The van der Waals surface area contributed by atoms with Crippen LogP contribution >= 0.6 is 0 Å². The molecule has 13 rings (SSSR count). The van der Waals surface area contributed by atoms with Crippen molar-refractivity contribution in [1.82, 2.24) is 28.5 Å². The quantitative estimate of drug-likeness (QED) is 0.181. The third kappa shape index (κ3) is 4.16. The van der Waals surface area contributed by atoms with Crippen molar-refractivity contribution in [3.8, 4) is 34.4 Å². The van der Waals surface area contributed by atoms with Crippen molar-refractivity contribution < 1.29 is 0 Å². The molecule has 264 valence electrons. The smallest absolute Gasteiger partial charge is 0.240 e. The highest BCUT2D eigenvalue weighted by Crippen LogP contribution is 2.44. The van der Waals surface area contributed by atoms with Crippen LogP contribution < -0.4 is 0 Å². The Kier molecular flexibility index (Phi) is 6.07. The average molecular weight is 727 g/mol. The first-order valence-corrected chi connectivity index (χ1v) is 19.3. The summed E-state index contributed by atoms with van der Waals surface area (Å²) in [7, 11) is 0. The summed E-state index contributed by atoms with van der Waals surface area (Å²) in [5.41, 5.74) is 11.1. The lowest BCUT2D eigenvalue weighted by molar-refractivity contribution is 0.893. The number of hydrogen-bond acceptors (Lipinski definition) is 3. The fraction of sp³-hybridized carbons (Fsp3) is 0. The van der Waals surface area contributed by atoms with Crippen LogP contribution in [0.1, 0.15) is 0 Å². The molecule has 0 aliphatic rings. The zero-order chi connectivity index (χ0) is 37.2. The molecule has 0 bridgehead atoms. The highest BCUT2D eigenvalue weighted by Gasteiger charge is 2.23. The van der Waals surface area contributed by atoms with E-state index in [1.165, 1.54) is 43.7 Å². The third-order valence-electron chi connectivity index (χ3n) is 11.9. The minimum atomic E-state index is 0.568. The van der Waals surface area contributed by atoms with Crippen molar-refractivity contribution in [3.63, 3.8) is 0 Å². The van der Waals surface area contributed by atoms with E-state index in [1.807, 2.05) is 0 Å². The van der Waals surface area contributed by atoms with Crippen LogP contribution in [-0.4, -0.2) is 28.5 Å². The molecular weight excluding hydrogens is 697 g/mol. The van der Waals surface area contributed by atoms with Gasteiger partial charge in [0.25, 0.3) is 0 Å². The second-order valence-electron chi connectivity index (χ2n) is 14.8. The molecule has 0 radical (unpaired) electrons. The molecule has 0 amide bonds. The molecule has 0 saturated heterocycles. The first kappa shape index (κ1) is 30.5. The van der Waals surface area contributed by atoms with E-state index in [-0.39, 0.29) is 0 Å². The molecule has 0 spiro atoms. The van der Waals surface area contributed by atoms with Crippen LogP contribution in [-0.2, 0) is 0 Å². The zero-order valence-electron chi connectivity index (χ0n) is 30.5. The topological polar surface area (TPSA) is 52.9 Å². The number of nitrogens with zero attached hydrogens (tertiary/aromatic N) is 6. The van der Waals surface area contributed by atoms with Gasteiger partial charge in [-0.2, -0.15) is 15.0 Å². The maximum absolute atomic E-state index is 5.34. The standard InChI is InChI=1S/C51H30N6/c1-8-23-42-34(16-1)35-17-2-9-24-43(35)56(42)50-52-49(53-51(54-50)57-44-25-10-3-18-36(44)37-19-4-11-26-45(37)57)32-15-13-14-31(30-32)33-28-29-39-38-20-5-7-22-41(38)55-46-27-12-6-21-40(46)47(33)48(39)55/h1-30H. The largest absolute Gasteiger partial charge is 0.308 e. The van der Waals surface area contributed by atoms with Crippen molar-refractivity contribution in [3.05, 3.63) is 182 Å². The van der Waals surface area contributed by atoms with Crippen LogP contribution in [0, 0.1) is 0 Å². The van der Waals surface area contributed by atoms with Crippen LogP contribution in [0.5, 0.6) is 0 Å². The average Bonchev–Trinajstić information content (AvgIpc) is 4.01. The summed E-state index contributed by atoms with van der Waals surface area (Å²) in [6.07, 6.45) is 0. The highest BCUT2D eigenvalue weighted by molar-refractivity contribution is 6.27. The minimum Gasteiger partial charge on any atom is -0.308 e. The van der Waals surface area contributed by atoms with Crippen molar-refractivity contribution in [2.75, 3.05) is 0 Å². The Morgan fingerprint density at radius 1 is 0.316 bits per heavy atom. The Labute approximate surface area is 325 Å². The summed E-state index contributed by atoms with van der Waals surface area (Å²) >= 11 is 0. The second kappa shape index (κ2) is 11.4. The van der Waals surface area contributed by atoms with Gasteiger partial charge in [-0.05, 0) is 53.6 Å². The molecular formula is C51H30N6. The molecule has 0 aliphatic carbocycles. The maximum atomic E-state index is 5.34. The van der Waals surface area contributed by atoms with E-state index in [2.05, 4.69) is 196 Å². The molecule has 6 heteroatoms. The highest BCUT2D eigenvalue weighted by atomic mass is 15.3. The summed E-state index contributed by atoms with van der Waals surface area (Å²) in [6.45, 7) is 0. The van der Waals surface area contributed by atoms with Crippen molar-refractivity contribution in [2.24, 2.45) is 0 Å². The zero-order valence-corrected chi connectivity index (χ0v) is 30.5. The number of rotatable bonds is 4. The molecule has 5 heterocycles. The van der Waals surface area contributed by atoms with Gasteiger partial charge in [0.15, 0.2) is 5.82 Å². The Bertz CT molecular complexity index is 3530. The second-order valence-corrected chi connectivity index (χ2v) is 14.8. The molecule has 0 unspecified atom stereocenters. The number of para-hydroxylation sites is 6. The third-order valence-corrected chi connectivity index (χ3v) is 11.9. The van der Waals surface area contributed by atoms with E-state index >= 15 is 0 Å². The van der Waals surface area contributed by atoms with Gasteiger partial charge in [-0.1, -0.05) is 140 Å². The van der Waals surface area contributed by atoms with Crippen molar-refractivity contribution in [2.45, 2.75) is 0 Å². The molecule has 57 heavy (non-hydrogen) atoms. The van der Waals surface area contributed by atoms with Crippen LogP contribution in [0.4, 0.5) is 0 Å². The summed E-state index contributed by atoms with van der Waals surface area (Å²) in [4.78, 5) is 16.0. The Hall–Kier alpha value is -7.83.